The number of rotatable bonds is 8. The lowest BCUT2D eigenvalue weighted by Crippen LogP contribution is -2.11. The highest BCUT2D eigenvalue weighted by molar-refractivity contribution is 5.77. The Hall–Kier alpha value is -2.44. The molecule has 1 heterocycles. The summed E-state index contributed by atoms with van der Waals surface area (Å²) in [6.07, 6.45) is 3.82. The van der Waals surface area contributed by atoms with Crippen molar-refractivity contribution in [2.75, 3.05) is 26.4 Å². The van der Waals surface area contributed by atoms with Crippen molar-refractivity contribution in [3.05, 3.63) is 52.7 Å². The van der Waals surface area contributed by atoms with Gasteiger partial charge in [-0.15, -0.1) is 0 Å². The number of aliphatic hydroxyl groups excluding tert-OH is 1. The average Bonchev–Trinajstić information content (AvgIpc) is 3.06. The summed E-state index contributed by atoms with van der Waals surface area (Å²) in [7, 11) is 4.07. The van der Waals surface area contributed by atoms with E-state index in [-0.39, 0.29) is 6.01 Å². The summed E-state index contributed by atoms with van der Waals surface area (Å²) >= 11 is 0. The van der Waals surface area contributed by atoms with Crippen molar-refractivity contribution in [3.63, 3.8) is 0 Å². The lowest BCUT2D eigenvalue weighted by Gasteiger charge is -2.16. The van der Waals surface area contributed by atoms with Gasteiger partial charge in [0.25, 0.3) is 0 Å². The van der Waals surface area contributed by atoms with Gasteiger partial charge in [-0.3, -0.25) is 0 Å². The molecular formula is C21H28N4O2. The number of nitrogens with two attached hydrogens (primary N) is 1. The summed E-state index contributed by atoms with van der Waals surface area (Å²) in [6.45, 7) is 3.52. The molecule has 2 aromatic rings. The Morgan fingerprint density at radius 1 is 1.22 bits per heavy atom. The second kappa shape index (κ2) is 8.50. The molecule has 0 aliphatic heterocycles. The molecule has 6 heteroatoms. The Bertz CT molecular complexity index is 816. The van der Waals surface area contributed by atoms with Crippen molar-refractivity contribution in [1.29, 1.82) is 0 Å². The van der Waals surface area contributed by atoms with E-state index in [1.165, 1.54) is 5.56 Å². The van der Waals surface area contributed by atoms with Gasteiger partial charge in [-0.25, -0.2) is 0 Å². The molecule has 1 atom stereocenters. The number of hydrogen-bond donors (Lipinski definition) is 2. The van der Waals surface area contributed by atoms with Crippen LogP contribution in [0.5, 0.6) is 6.01 Å². The molecule has 144 valence electrons. The second-order valence-electron chi connectivity index (χ2n) is 7.17. The van der Waals surface area contributed by atoms with Gasteiger partial charge >= 0.3 is 6.01 Å². The number of unbranched alkanes of at least 4 members (excludes halogenated alkanes) is 1. The molecule has 0 spiro atoms. The van der Waals surface area contributed by atoms with Crippen molar-refractivity contribution >= 4 is 11.4 Å². The molecule has 0 bridgehead atoms. The van der Waals surface area contributed by atoms with Crippen molar-refractivity contribution in [1.82, 2.24) is 14.9 Å². The monoisotopic (exact) mass is 368 g/mol. The zero-order valence-electron chi connectivity index (χ0n) is 16.3. The van der Waals surface area contributed by atoms with Crippen LogP contribution in [0.1, 0.15) is 48.3 Å². The van der Waals surface area contributed by atoms with Crippen LogP contribution in [0.2, 0.25) is 0 Å². The predicted octanol–water partition coefficient (Wildman–Crippen LogP) is 2.97. The quantitative estimate of drug-likeness (QED) is 0.697. The smallest absolute Gasteiger partial charge is 0.318 e. The highest BCUT2D eigenvalue weighted by atomic mass is 16.5. The minimum atomic E-state index is -0.752. The maximum atomic E-state index is 10.9. The van der Waals surface area contributed by atoms with Crippen molar-refractivity contribution in [3.8, 4) is 6.01 Å². The van der Waals surface area contributed by atoms with E-state index in [0.717, 1.165) is 36.1 Å². The maximum Gasteiger partial charge on any atom is 0.318 e. The third-order valence-corrected chi connectivity index (χ3v) is 4.64. The Labute approximate surface area is 160 Å². The molecule has 0 saturated carbocycles. The molecule has 1 unspecified atom stereocenters. The molecule has 3 rings (SSSR count). The lowest BCUT2D eigenvalue weighted by molar-refractivity contribution is 0.237. The molecule has 1 aromatic carbocycles. The Morgan fingerprint density at radius 2 is 1.96 bits per heavy atom. The average molecular weight is 368 g/mol. The van der Waals surface area contributed by atoms with E-state index in [9.17, 15) is 5.11 Å². The highest BCUT2D eigenvalue weighted by Crippen LogP contribution is 2.38. The minimum Gasteiger partial charge on any atom is -0.463 e. The second-order valence-corrected chi connectivity index (χ2v) is 7.17. The number of anilines is 1. The number of nitrogens with zero attached hydrogens (tertiary/aromatic N) is 3. The largest absolute Gasteiger partial charge is 0.463 e. The molecule has 0 saturated heterocycles. The van der Waals surface area contributed by atoms with Gasteiger partial charge in [0.2, 0.25) is 0 Å². The minimum absolute atomic E-state index is 0.279. The van der Waals surface area contributed by atoms with Crippen molar-refractivity contribution < 1.29 is 9.84 Å². The van der Waals surface area contributed by atoms with Crippen molar-refractivity contribution in [2.45, 2.75) is 38.8 Å². The summed E-state index contributed by atoms with van der Waals surface area (Å²) in [5.74, 6) is 0.422. The van der Waals surface area contributed by atoms with Crippen LogP contribution < -0.4 is 10.5 Å². The number of nitrogen functional groups attached to an aromatic ring is 1. The van der Waals surface area contributed by atoms with E-state index in [0.29, 0.717) is 24.5 Å². The molecule has 0 amide bonds. The van der Waals surface area contributed by atoms with Gasteiger partial charge in [-0.2, -0.15) is 9.97 Å². The normalized spacial score (nSPS) is 14.2. The summed E-state index contributed by atoms with van der Waals surface area (Å²) in [6, 6.07) is 8.29. The fourth-order valence-electron chi connectivity index (χ4n) is 3.19. The highest BCUT2D eigenvalue weighted by Gasteiger charge is 2.26. The van der Waals surface area contributed by atoms with E-state index in [1.54, 1.807) is 0 Å². The van der Waals surface area contributed by atoms with E-state index in [1.807, 2.05) is 44.4 Å². The van der Waals surface area contributed by atoms with Crippen LogP contribution in [0, 0.1) is 0 Å². The molecule has 1 aromatic heterocycles. The van der Waals surface area contributed by atoms with E-state index >= 15 is 0 Å². The molecule has 6 nitrogen and oxygen atoms in total. The first-order chi connectivity index (χ1) is 13.0. The summed E-state index contributed by atoms with van der Waals surface area (Å²) < 4.78 is 5.62. The number of ether oxygens (including phenoxy) is 1. The molecule has 0 radical (unpaired) electrons. The first kappa shape index (κ1) is 19.3. The number of hydrogen-bond acceptors (Lipinski definition) is 6. The number of aromatic nitrogens is 2. The van der Waals surface area contributed by atoms with Crippen LogP contribution >= 0.6 is 0 Å². The van der Waals surface area contributed by atoms with Crippen LogP contribution in [-0.2, 0) is 13.0 Å². The molecule has 1 aliphatic carbocycles. The summed E-state index contributed by atoms with van der Waals surface area (Å²) in [5, 5.41) is 10.9. The summed E-state index contributed by atoms with van der Waals surface area (Å²) in [5.41, 5.74) is 10.4. The van der Waals surface area contributed by atoms with Gasteiger partial charge in [0.1, 0.15) is 11.9 Å². The first-order valence-electron chi connectivity index (χ1n) is 9.40. The fourth-order valence-corrected chi connectivity index (χ4v) is 3.19. The number of benzene rings is 1. The fraction of sp³-hybridized carbons (Fsp3) is 0.429. The Morgan fingerprint density at radius 3 is 2.63 bits per heavy atom. The van der Waals surface area contributed by atoms with Gasteiger partial charge in [-0.1, -0.05) is 43.7 Å². The van der Waals surface area contributed by atoms with E-state index < -0.39 is 6.10 Å². The summed E-state index contributed by atoms with van der Waals surface area (Å²) in [4.78, 5) is 10.9. The maximum absolute atomic E-state index is 10.9. The topological polar surface area (TPSA) is 84.5 Å². The zero-order chi connectivity index (χ0) is 19.4. The van der Waals surface area contributed by atoms with Gasteiger partial charge in [0.15, 0.2) is 0 Å². The molecule has 3 N–H and O–H groups in total. The molecule has 1 aliphatic rings. The van der Waals surface area contributed by atoms with Crippen LogP contribution in [0.15, 0.2) is 30.3 Å². The lowest BCUT2D eigenvalue weighted by atomic mass is 9.99. The third-order valence-electron chi connectivity index (χ3n) is 4.64. The van der Waals surface area contributed by atoms with E-state index in [2.05, 4.69) is 21.8 Å². The van der Waals surface area contributed by atoms with Gasteiger partial charge in [0.05, 0.1) is 12.3 Å². The van der Waals surface area contributed by atoms with Gasteiger partial charge in [-0.05, 0) is 38.1 Å². The van der Waals surface area contributed by atoms with Gasteiger partial charge in [0, 0.05) is 17.7 Å². The van der Waals surface area contributed by atoms with E-state index in [4.69, 9.17) is 10.5 Å². The van der Waals surface area contributed by atoms with Crippen LogP contribution in [0.3, 0.4) is 0 Å². The van der Waals surface area contributed by atoms with Crippen molar-refractivity contribution in [2.24, 2.45) is 0 Å². The first-order valence-corrected chi connectivity index (χ1v) is 9.40. The predicted molar refractivity (Wildman–Crippen MR) is 107 cm³/mol. The molecule has 27 heavy (non-hydrogen) atoms. The standard InChI is InChI=1S/C21H28N4O2/c1-4-5-12-27-21-23-18-16(10-11-17(18)20(22)24-21)19(26)15-8-6-14(7-9-15)13-25(2)3/h6-10,19,26H,4-5,11-13H2,1-3H3,(H2,22,23,24). The molecular weight excluding hydrogens is 340 g/mol. The third kappa shape index (κ3) is 4.46. The molecule has 0 fully saturated rings. The van der Waals surface area contributed by atoms with Crippen LogP contribution in [0.25, 0.3) is 5.57 Å². The van der Waals surface area contributed by atoms with Gasteiger partial charge < -0.3 is 20.5 Å². The Kier molecular flexibility index (Phi) is 6.08. The zero-order valence-corrected chi connectivity index (χ0v) is 16.3. The van der Waals surface area contributed by atoms with Crippen LogP contribution in [-0.4, -0.2) is 40.7 Å². The van der Waals surface area contributed by atoms with Crippen LogP contribution in [0.4, 0.5) is 5.82 Å². The SMILES string of the molecule is CCCCOc1nc(N)c2c(n1)C(C(O)c1ccc(CN(C)C)cc1)=CC2. The Balaban J connectivity index is 1.81. The number of allylic oxidation sites excluding steroid dienone is 1. The number of aliphatic hydroxyl groups is 1. The number of fused-ring (bicyclic) bond motifs is 1.